The minimum Gasteiger partial charge on any atom is -0.396 e. The van der Waals surface area contributed by atoms with Gasteiger partial charge in [0, 0.05) is 18.1 Å². The predicted octanol–water partition coefficient (Wildman–Crippen LogP) is 0.872. The van der Waals surface area contributed by atoms with E-state index in [2.05, 4.69) is 15.4 Å². The van der Waals surface area contributed by atoms with E-state index in [4.69, 9.17) is 5.73 Å². The molecule has 2 rings (SSSR count). The molecule has 0 atom stereocenters. The first kappa shape index (κ1) is 11.6. The second-order valence-corrected chi connectivity index (χ2v) is 4.35. The van der Waals surface area contributed by atoms with Crippen LogP contribution in [0.2, 0.25) is 0 Å². The third kappa shape index (κ3) is 2.44. The highest BCUT2D eigenvalue weighted by molar-refractivity contribution is 7.09. The van der Waals surface area contributed by atoms with E-state index in [1.54, 1.807) is 10.9 Å². The molecule has 0 aliphatic carbocycles. The molecule has 0 aromatic carbocycles. The number of nitrogen functional groups attached to an aromatic ring is 1. The van der Waals surface area contributed by atoms with Crippen LogP contribution in [-0.2, 0) is 13.1 Å². The number of hydrogen-bond acceptors (Lipinski definition) is 5. The number of anilines is 1. The van der Waals surface area contributed by atoms with E-state index in [0.717, 1.165) is 5.01 Å². The Kier molecular flexibility index (Phi) is 3.38. The van der Waals surface area contributed by atoms with Gasteiger partial charge in [-0.05, 0) is 6.92 Å². The number of nitrogens with zero attached hydrogens (tertiary/aromatic N) is 3. The van der Waals surface area contributed by atoms with Gasteiger partial charge < -0.3 is 11.1 Å². The van der Waals surface area contributed by atoms with Crippen LogP contribution in [0, 0.1) is 0 Å². The molecule has 1 amide bonds. The molecule has 0 bridgehead atoms. The number of nitrogens with one attached hydrogen (secondary N) is 1. The number of amides is 1. The number of thiazole rings is 1. The van der Waals surface area contributed by atoms with Crippen molar-refractivity contribution in [2.75, 3.05) is 5.73 Å². The highest BCUT2D eigenvalue weighted by Gasteiger charge is 2.15. The molecule has 0 spiro atoms. The number of hydrogen-bond donors (Lipinski definition) is 2. The Hall–Kier alpha value is -1.89. The monoisotopic (exact) mass is 251 g/mol. The lowest BCUT2D eigenvalue weighted by Gasteiger charge is -2.06. The molecule has 0 fully saturated rings. The minimum absolute atomic E-state index is 0.225. The van der Waals surface area contributed by atoms with Gasteiger partial charge in [-0.1, -0.05) is 0 Å². The minimum atomic E-state index is -0.225. The Balaban J connectivity index is 2.06. The summed E-state index contributed by atoms with van der Waals surface area (Å²) in [7, 11) is 0. The summed E-state index contributed by atoms with van der Waals surface area (Å²) in [6, 6.07) is 0. The van der Waals surface area contributed by atoms with Crippen LogP contribution in [0.1, 0.15) is 22.4 Å². The summed E-state index contributed by atoms with van der Waals surface area (Å²) in [6.45, 7) is 2.92. The van der Waals surface area contributed by atoms with Gasteiger partial charge in [-0.2, -0.15) is 5.10 Å². The molecule has 90 valence electrons. The first-order valence-corrected chi connectivity index (χ1v) is 6.08. The molecule has 2 aromatic heterocycles. The quantitative estimate of drug-likeness (QED) is 0.844. The lowest BCUT2D eigenvalue weighted by atomic mass is 10.3. The zero-order valence-corrected chi connectivity index (χ0v) is 10.2. The van der Waals surface area contributed by atoms with Crippen molar-refractivity contribution in [3.8, 4) is 0 Å². The average molecular weight is 251 g/mol. The van der Waals surface area contributed by atoms with Crippen molar-refractivity contribution in [3.63, 3.8) is 0 Å². The fraction of sp³-hybridized carbons (Fsp3) is 0.300. The summed E-state index contributed by atoms with van der Waals surface area (Å²) < 4.78 is 1.58. The summed E-state index contributed by atoms with van der Waals surface area (Å²) >= 11 is 1.50. The van der Waals surface area contributed by atoms with E-state index in [0.29, 0.717) is 24.5 Å². The van der Waals surface area contributed by atoms with E-state index in [-0.39, 0.29) is 5.91 Å². The Morgan fingerprint density at radius 1 is 1.65 bits per heavy atom. The van der Waals surface area contributed by atoms with Gasteiger partial charge in [0.1, 0.15) is 10.7 Å². The van der Waals surface area contributed by atoms with Crippen LogP contribution < -0.4 is 11.1 Å². The molecule has 0 unspecified atom stereocenters. The van der Waals surface area contributed by atoms with E-state index < -0.39 is 0 Å². The number of rotatable bonds is 4. The van der Waals surface area contributed by atoms with Crippen molar-refractivity contribution in [2.45, 2.75) is 20.0 Å². The molecule has 0 aliphatic heterocycles. The molecule has 7 heteroatoms. The summed E-state index contributed by atoms with van der Waals surface area (Å²) in [4.78, 5) is 16.0. The molecule has 0 saturated heterocycles. The lowest BCUT2D eigenvalue weighted by molar-refractivity contribution is 0.0941. The van der Waals surface area contributed by atoms with Gasteiger partial charge >= 0.3 is 0 Å². The Morgan fingerprint density at radius 3 is 3.12 bits per heavy atom. The van der Waals surface area contributed by atoms with Crippen molar-refractivity contribution < 1.29 is 4.79 Å². The van der Waals surface area contributed by atoms with Gasteiger partial charge in [0.25, 0.3) is 5.91 Å². The highest BCUT2D eigenvalue weighted by atomic mass is 32.1. The lowest BCUT2D eigenvalue weighted by Crippen LogP contribution is -2.26. The largest absolute Gasteiger partial charge is 0.396 e. The fourth-order valence-corrected chi connectivity index (χ4v) is 2.02. The SMILES string of the molecule is CCn1ncc(N)c1C(=O)NCc1nccs1. The maximum Gasteiger partial charge on any atom is 0.272 e. The van der Waals surface area contributed by atoms with Crippen molar-refractivity contribution in [3.05, 3.63) is 28.5 Å². The second-order valence-electron chi connectivity index (χ2n) is 3.37. The van der Waals surface area contributed by atoms with Gasteiger partial charge in [-0.15, -0.1) is 11.3 Å². The predicted molar refractivity (Wildman–Crippen MR) is 65.6 cm³/mol. The topological polar surface area (TPSA) is 85.8 Å². The van der Waals surface area contributed by atoms with Crippen molar-refractivity contribution in [1.82, 2.24) is 20.1 Å². The molecular formula is C10H13N5OS. The molecule has 0 radical (unpaired) electrons. The summed E-state index contributed by atoms with van der Waals surface area (Å²) in [6.07, 6.45) is 3.19. The third-order valence-electron chi connectivity index (χ3n) is 2.27. The van der Waals surface area contributed by atoms with Crippen LogP contribution in [0.5, 0.6) is 0 Å². The number of carbonyl (C=O) groups excluding carboxylic acids is 1. The Bertz CT molecular complexity index is 505. The Labute approximate surface area is 102 Å². The van der Waals surface area contributed by atoms with Gasteiger partial charge in [-0.3, -0.25) is 9.48 Å². The third-order valence-corrected chi connectivity index (χ3v) is 3.05. The van der Waals surface area contributed by atoms with Gasteiger partial charge in [0.15, 0.2) is 0 Å². The van der Waals surface area contributed by atoms with Crippen LogP contribution in [0.15, 0.2) is 17.8 Å². The van der Waals surface area contributed by atoms with Crippen LogP contribution in [0.3, 0.4) is 0 Å². The maximum absolute atomic E-state index is 11.9. The molecule has 2 aromatic rings. The first-order valence-electron chi connectivity index (χ1n) is 5.20. The average Bonchev–Trinajstić information content (AvgIpc) is 2.94. The standard InChI is InChI=1S/C10H13N5OS/c1-2-15-9(7(11)5-14-15)10(16)13-6-8-12-3-4-17-8/h3-5H,2,6,11H2,1H3,(H,13,16). The zero-order valence-electron chi connectivity index (χ0n) is 9.38. The first-order chi connectivity index (χ1) is 8.22. The van der Waals surface area contributed by atoms with Crippen molar-refractivity contribution in [1.29, 1.82) is 0 Å². The van der Waals surface area contributed by atoms with Gasteiger partial charge in [0.2, 0.25) is 0 Å². The van der Waals surface area contributed by atoms with E-state index in [1.807, 2.05) is 12.3 Å². The van der Waals surface area contributed by atoms with Crippen molar-refractivity contribution in [2.24, 2.45) is 0 Å². The summed E-state index contributed by atoms with van der Waals surface area (Å²) in [5.74, 6) is -0.225. The van der Waals surface area contributed by atoms with Gasteiger partial charge in [-0.25, -0.2) is 4.98 Å². The molecule has 3 N–H and O–H groups in total. The molecular weight excluding hydrogens is 238 g/mol. The van der Waals surface area contributed by atoms with Crippen LogP contribution in [-0.4, -0.2) is 20.7 Å². The number of carbonyl (C=O) groups is 1. The summed E-state index contributed by atoms with van der Waals surface area (Å²) in [5.41, 5.74) is 6.51. The summed E-state index contributed by atoms with van der Waals surface area (Å²) in [5, 5.41) is 9.52. The van der Waals surface area contributed by atoms with Crippen molar-refractivity contribution >= 4 is 22.9 Å². The molecule has 0 aliphatic rings. The number of nitrogens with two attached hydrogens (primary N) is 1. The van der Waals surface area contributed by atoms with Crippen LogP contribution >= 0.6 is 11.3 Å². The smallest absolute Gasteiger partial charge is 0.272 e. The highest BCUT2D eigenvalue weighted by Crippen LogP contribution is 2.11. The molecule has 2 heterocycles. The molecule has 0 saturated carbocycles. The maximum atomic E-state index is 11.9. The molecule has 17 heavy (non-hydrogen) atoms. The normalized spacial score (nSPS) is 10.4. The van der Waals surface area contributed by atoms with Crippen LogP contribution in [0.4, 0.5) is 5.69 Å². The Morgan fingerprint density at radius 2 is 2.47 bits per heavy atom. The van der Waals surface area contributed by atoms with Gasteiger partial charge in [0.05, 0.1) is 18.4 Å². The van der Waals surface area contributed by atoms with E-state index in [9.17, 15) is 4.79 Å². The fourth-order valence-electron chi connectivity index (χ4n) is 1.47. The van der Waals surface area contributed by atoms with E-state index >= 15 is 0 Å². The van der Waals surface area contributed by atoms with E-state index in [1.165, 1.54) is 17.5 Å². The van der Waals surface area contributed by atoms with Crippen LogP contribution in [0.25, 0.3) is 0 Å². The number of aromatic nitrogens is 3. The number of aryl methyl sites for hydroxylation is 1. The second kappa shape index (κ2) is 4.96. The molecule has 6 nitrogen and oxygen atoms in total. The zero-order chi connectivity index (χ0) is 12.3.